The summed E-state index contributed by atoms with van der Waals surface area (Å²) in [4.78, 5) is 22.9. The van der Waals surface area contributed by atoms with E-state index in [-0.39, 0.29) is 22.2 Å². The number of rotatable bonds is 5. The molecule has 6 heteroatoms. The van der Waals surface area contributed by atoms with E-state index in [0.717, 1.165) is 0 Å². The summed E-state index contributed by atoms with van der Waals surface area (Å²) in [7, 11) is 0. The Balaban J connectivity index is 2.86. The van der Waals surface area contributed by atoms with Gasteiger partial charge in [-0.1, -0.05) is 30.1 Å². The van der Waals surface area contributed by atoms with Crippen LogP contribution in [-0.4, -0.2) is 24.5 Å². The summed E-state index contributed by atoms with van der Waals surface area (Å²) in [5, 5.41) is 0.271. The van der Waals surface area contributed by atoms with Crippen LogP contribution < -0.4 is 0 Å². The Morgan fingerprint density at radius 3 is 2.67 bits per heavy atom. The van der Waals surface area contributed by atoms with E-state index in [1.54, 1.807) is 6.92 Å². The molecule has 0 saturated heterocycles. The molecule has 0 N–H and O–H groups in total. The van der Waals surface area contributed by atoms with Crippen molar-refractivity contribution in [3.63, 3.8) is 0 Å². The summed E-state index contributed by atoms with van der Waals surface area (Å²) in [5.41, 5.74) is -0.134. The quantitative estimate of drug-likeness (QED) is 0.474. The Kier molecular flexibility index (Phi) is 5.56. The van der Waals surface area contributed by atoms with Gasteiger partial charge in [0.05, 0.1) is 11.6 Å². The van der Waals surface area contributed by atoms with E-state index in [1.165, 1.54) is 18.2 Å². The highest BCUT2D eigenvalue weighted by atomic mass is 35.5. The van der Waals surface area contributed by atoms with Crippen molar-refractivity contribution in [3.05, 3.63) is 33.8 Å². The first-order valence-electron chi connectivity index (χ1n) is 5.27. The van der Waals surface area contributed by atoms with Crippen LogP contribution in [0.3, 0.4) is 0 Å². The number of ketones is 1. The van der Waals surface area contributed by atoms with Crippen molar-refractivity contribution < 1.29 is 18.7 Å². The molecule has 0 saturated carbocycles. The van der Waals surface area contributed by atoms with E-state index < -0.39 is 17.9 Å². The predicted molar refractivity (Wildman–Crippen MR) is 66.9 cm³/mol. The molecule has 0 aliphatic heterocycles. The molecule has 0 radical (unpaired) electrons. The number of Topliss-reactive ketones (excluding diaryl/α,β-unsaturated/α-hetero) is 1. The number of halogens is 3. The van der Waals surface area contributed by atoms with Crippen molar-refractivity contribution in [2.75, 3.05) is 6.61 Å². The van der Waals surface area contributed by atoms with Gasteiger partial charge in [-0.2, -0.15) is 0 Å². The maximum atomic E-state index is 13.6. The lowest BCUT2D eigenvalue weighted by atomic mass is 10.1. The number of ether oxygens (including phenoxy) is 1. The minimum absolute atomic E-state index is 0.0374. The third-order valence-electron chi connectivity index (χ3n) is 2.08. The number of hydrogen-bond donors (Lipinski definition) is 0. The third-order valence-corrected chi connectivity index (χ3v) is 2.64. The Morgan fingerprint density at radius 2 is 2.06 bits per heavy atom. The highest BCUT2D eigenvalue weighted by molar-refractivity contribution is 6.36. The molecule has 1 unspecified atom stereocenters. The molecule has 0 bridgehead atoms. The second kappa shape index (κ2) is 6.71. The molecular weight excluding hydrogens is 282 g/mol. The second-order valence-electron chi connectivity index (χ2n) is 3.52. The molecule has 0 heterocycles. The van der Waals surface area contributed by atoms with Crippen LogP contribution in [0, 0.1) is 0 Å². The summed E-state index contributed by atoms with van der Waals surface area (Å²) in [6, 6.07) is 4.04. The first-order valence-corrected chi connectivity index (χ1v) is 6.03. The smallest absolute Gasteiger partial charge is 0.349 e. The molecule has 1 atom stereocenters. The van der Waals surface area contributed by atoms with Crippen molar-refractivity contribution in [2.24, 2.45) is 0 Å². The first kappa shape index (κ1) is 14.9. The van der Waals surface area contributed by atoms with Crippen LogP contribution in [0.15, 0.2) is 18.2 Å². The molecule has 0 aliphatic rings. The van der Waals surface area contributed by atoms with Gasteiger partial charge in [0.2, 0.25) is 5.78 Å². The number of carbonyl (C=O) groups is 2. The van der Waals surface area contributed by atoms with E-state index in [9.17, 15) is 14.0 Å². The van der Waals surface area contributed by atoms with Crippen LogP contribution in [0.5, 0.6) is 0 Å². The van der Waals surface area contributed by atoms with E-state index in [4.69, 9.17) is 23.2 Å². The highest BCUT2D eigenvalue weighted by Crippen LogP contribution is 2.23. The van der Waals surface area contributed by atoms with E-state index >= 15 is 0 Å². The molecule has 0 amide bonds. The molecule has 0 fully saturated rings. The lowest BCUT2D eigenvalue weighted by molar-refractivity contribution is -0.147. The highest BCUT2D eigenvalue weighted by Gasteiger charge is 2.30. The molecular formula is C12H11Cl2FO3. The largest absolute Gasteiger partial charge is 0.463 e. The predicted octanol–water partition coefficient (Wildman–Crippen LogP) is 3.47. The summed E-state index contributed by atoms with van der Waals surface area (Å²) in [5.74, 6) is -2.26. The Labute approximate surface area is 114 Å². The van der Waals surface area contributed by atoms with Crippen LogP contribution in [-0.2, 0) is 9.53 Å². The zero-order valence-electron chi connectivity index (χ0n) is 9.58. The average Bonchev–Trinajstić information content (AvgIpc) is 2.37. The minimum atomic E-state index is -2.38. The maximum Gasteiger partial charge on any atom is 0.349 e. The van der Waals surface area contributed by atoms with Gasteiger partial charge in [-0.15, -0.1) is 0 Å². The van der Waals surface area contributed by atoms with Crippen molar-refractivity contribution in [2.45, 2.75) is 19.5 Å². The molecule has 1 aromatic rings. The summed E-state index contributed by atoms with van der Waals surface area (Å²) < 4.78 is 18.1. The topological polar surface area (TPSA) is 43.4 Å². The fourth-order valence-electron chi connectivity index (χ4n) is 1.21. The number of benzene rings is 1. The summed E-state index contributed by atoms with van der Waals surface area (Å²) in [6.45, 7) is 1.83. The lowest BCUT2D eigenvalue weighted by Gasteiger charge is -2.08. The molecule has 3 nitrogen and oxygen atoms in total. The molecule has 0 spiro atoms. The Hall–Kier alpha value is -1.13. The van der Waals surface area contributed by atoms with E-state index in [2.05, 4.69) is 4.74 Å². The standard InChI is InChI=1S/C12H11Cl2FO3/c1-2-5-18-12(17)10(15)11(16)8-6-7(13)3-4-9(8)14/h3-4,6,10H,2,5H2,1H3. The molecule has 1 aromatic carbocycles. The van der Waals surface area contributed by atoms with Crippen LogP contribution in [0.4, 0.5) is 4.39 Å². The first-order chi connectivity index (χ1) is 8.47. The van der Waals surface area contributed by atoms with Crippen molar-refractivity contribution in [3.8, 4) is 0 Å². The average molecular weight is 293 g/mol. The zero-order valence-corrected chi connectivity index (χ0v) is 11.1. The van der Waals surface area contributed by atoms with Crippen LogP contribution in [0.25, 0.3) is 0 Å². The monoisotopic (exact) mass is 292 g/mol. The van der Waals surface area contributed by atoms with Gasteiger partial charge in [-0.05, 0) is 24.6 Å². The molecule has 98 valence electrons. The van der Waals surface area contributed by atoms with E-state index in [1.807, 2.05) is 0 Å². The van der Waals surface area contributed by atoms with Gasteiger partial charge in [-0.25, -0.2) is 9.18 Å². The fourth-order valence-corrected chi connectivity index (χ4v) is 1.59. The summed E-state index contributed by atoms with van der Waals surface area (Å²) >= 11 is 11.4. The number of alkyl halides is 1. The minimum Gasteiger partial charge on any atom is -0.463 e. The maximum absolute atomic E-state index is 13.6. The lowest BCUT2D eigenvalue weighted by Crippen LogP contribution is -2.28. The van der Waals surface area contributed by atoms with Gasteiger partial charge in [0, 0.05) is 10.6 Å². The zero-order chi connectivity index (χ0) is 13.7. The van der Waals surface area contributed by atoms with Crippen LogP contribution in [0.2, 0.25) is 10.0 Å². The van der Waals surface area contributed by atoms with Gasteiger partial charge in [0.15, 0.2) is 0 Å². The number of carbonyl (C=O) groups excluding carboxylic acids is 2. The molecule has 0 aromatic heterocycles. The van der Waals surface area contributed by atoms with Gasteiger partial charge in [-0.3, -0.25) is 4.79 Å². The van der Waals surface area contributed by atoms with Crippen molar-refractivity contribution >= 4 is 35.0 Å². The second-order valence-corrected chi connectivity index (χ2v) is 4.36. The van der Waals surface area contributed by atoms with Crippen LogP contribution in [0.1, 0.15) is 23.7 Å². The summed E-state index contributed by atoms with van der Waals surface area (Å²) in [6.07, 6.45) is -1.84. The Morgan fingerprint density at radius 1 is 1.39 bits per heavy atom. The molecule has 1 rings (SSSR count). The van der Waals surface area contributed by atoms with Crippen LogP contribution >= 0.6 is 23.2 Å². The molecule has 18 heavy (non-hydrogen) atoms. The number of hydrogen-bond acceptors (Lipinski definition) is 3. The fraction of sp³-hybridized carbons (Fsp3) is 0.333. The van der Waals surface area contributed by atoms with Gasteiger partial charge >= 0.3 is 5.97 Å². The van der Waals surface area contributed by atoms with Gasteiger partial charge in [0.1, 0.15) is 0 Å². The normalized spacial score (nSPS) is 12.0. The van der Waals surface area contributed by atoms with Crippen molar-refractivity contribution in [1.82, 2.24) is 0 Å². The van der Waals surface area contributed by atoms with Crippen molar-refractivity contribution in [1.29, 1.82) is 0 Å². The van der Waals surface area contributed by atoms with Gasteiger partial charge in [0.25, 0.3) is 6.17 Å². The molecule has 0 aliphatic carbocycles. The van der Waals surface area contributed by atoms with E-state index in [0.29, 0.717) is 6.42 Å². The number of esters is 1. The van der Waals surface area contributed by atoms with Gasteiger partial charge < -0.3 is 4.74 Å². The third kappa shape index (κ3) is 3.68. The Bertz CT molecular complexity index is 463. The SMILES string of the molecule is CCCOC(=O)C(F)C(=O)c1cc(Cl)ccc1Cl.